The highest BCUT2D eigenvalue weighted by Gasteiger charge is 2.33. The summed E-state index contributed by atoms with van der Waals surface area (Å²) in [5, 5.41) is 2.58. The van der Waals surface area contributed by atoms with Crippen LogP contribution in [-0.4, -0.2) is 56.1 Å². The van der Waals surface area contributed by atoms with E-state index < -0.39 is 15.8 Å². The topological polar surface area (TPSA) is 86.8 Å². The van der Waals surface area contributed by atoms with Crippen molar-refractivity contribution in [3.8, 4) is 0 Å². The summed E-state index contributed by atoms with van der Waals surface area (Å²) in [6.45, 7) is 2.21. The van der Waals surface area contributed by atoms with E-state index >= 15 is 0 Å². The number of nitrogens with zero attached hydrogens (tertiary/aromatic N) is 2. The molecule has 1 saturated heterocycles. The average Bonchev–Trinajstić information content (AvgIpc) is 2.80. The first-order valence-corrected chi connectivity index (χ1v) is 12.5. The number of likely N-dealkylation sites (N-methyl/N-ethyl adjacent to an activating group) is 1. The second kappa shape index (κ2) is 10.6. The van der Waals surface area contributed by atoms with Crippen LogP contribution in [0.15, 0.2) is 47.4 Å². The molecule has 0 aliphatic carbocycles. The van der Waals surface area contributed by atoms with Gasteiger partial charge in [-0.2, -0.15) is 4.31 Å². The first-order valence-electron chi connectivity index (χ1n) is 10.7. The highest BCUT2D eigenvalue weighted by atomic mass is 35.5. The molecule has 1 N–H and O–H groups in total. The van der Waals surface area contributed by atoms with E-state index in [2.05, 4.69) is 5.32 Å². The number of piperidine rings is 1. The number of sulfonamides is 1. The molecule has 0 atom stereocenters. The van der Waals surface area contributed by atoms with Crippen LogP contribution in [0.3, 0.4) is 0 Å². The fourth-order valence-electron chi connectivity index (χ4n) is 3.87. The van der Waals surface area contributed by atoms with Crippen LogP contribution in [0.5, 0.6) is 0 Å². The summed E-state index contributed by atoms with van der Waals surface area (Å²) >= 11 is 5.73. The number of aryl methyl sites for hydroxylation is 1. The Kier molecular flexibility index (Phi) is 8.10. The molecule has 0 aromatic heterocycles. The number of carbonyl (C=O) groups excluding carboxylic acids is 2. The van der Waals surface area contributed by atoms with Crippen LogP contribution in [0.1, 0.15) is 25.3 Å². The summed E-state index contributed by atoms with van der Waals surface area (Å²) in [6.07, 6.45) is 1.44. The molecule has 0 spiro atoms. The van der Waals surface area contributed by atoms with Crippen LogP contribution >= 0.6 is 11.6 Å². The van der Waals surface area contributed by atoms with Gasteiger partial charge in [0.15, 0.2) is 0 Å². The molecular weight excluding hydrogens is 469 g/mol. The van der Waals surface area contributed by atoms with E-state index in [0.717, 1.165) is 29.8 Å². The van der Waals surface area contributed by atoms with Crippen LogP contribution in [-0.2, 0) is 26.0 Å². The van der Waals surface area contributed by atoms with Crippen LogP contribution < -0.4 is 5.32 Å². The van der Waals surface area contributed by atoms with Crippen LogP contribution in [0.25, 0.3) is 0 Å². The van der Waals surface area contributed by atoms with Gasteiger partial charge in [-0.3, -0.25) is 9.59 Å². The van der Waals surface area contributed by atoms with E-state index in [1.165, 1.54) is 15.3 Å². The molecule has 178 valence electrons. The lowest BCUT2D eigenvalue weighted by Crippen LogP contribution is -2.45. The van der Waals surface area contributed by atoms with Crippen molar-refractivity contribution in [3.05, 3.63) is 58.9 Å². The highest BCUT2D eigenvalue weighted by Crippen LogP contribution is 2.27. The number of benzene rings is 2. The van der Waals surface area contributed by atoms with Gasteiger partial charge in [0.25, 0.3) is 0 Å². The van der Waals surface area contributed by atoms with E-state index in [0.29, 0.717) is 12.8 Å². The normalized spacial score (nSPS) is 15.3. The first-order chi connectivity index (χ1) is 15.6. The van der Waals surface area contributed by atoms with Crippen LogP contribution in [0, 0.1) is 11.7 Å². The number of halogens is 2. The number of hydrogen-bond donors (Lipinski definition) is 1. The molecule has 7 nitrogen and oxygen atoms in total. The quantitative estimate of drug-likeness (QED) is 0.636. The summed E-state index contributed by atoms with van der Waals surface area (Å²) < 4.78 is 40.3. The summed E-state index contributed by atoms with van der Waals surface area (Å²) in [7, 11) is -2.27. The number of anilines is 1. The second-order valence-electron chi connectivity index (χ2n) is 8.01. The maximum Gasteiger partial charge on any atom is 0.243 e. The van der Waals surface area contributed by atoms with Gasteiger partial charge in [0.1, 0.15) is 5.82 Å². The predicted molar refractivity (Wildman–Crippen MR) is 125 cm³/mol. The van der Waals surface area contributed by atoms with Gasteiger partial charge in [0.2, 0.25) is 21.8 Å². The molecule has 0 saturated carbocycles. The van der Waals surface area contributed by atoms with Crippen molar-refractivity contribution in [1.82, 2.24) is 9.21 Å². The molecule has 1 aliphatic rings. The van der Waals surface area contributed by atoms with Gasteiger partial charge >= 0.3 is 0 Å². The zero-order valence-electron chi connectivity index (χ0n) is 18.6. The van der Waals surface area contributed by atoms with Crippen molar-refractivity contribution in [1.29, 1.82) is 0 Å². The van der Waals surface area contributed by atoms with E-state index in [1.807, 2.05) is 31.2 Å². The number of para-hydroxylation sites is 1. The minimum absolute atomic E-state index is 0.0835. The summed E-state index contributed by atoms with van der Waals surface area (Å²) in [5.74, 6) is -1.56. The van der Waals surface area contributed by atoms with E-state index in [9.17, 15) is 22.4 Å². The Morgan fingerprint density at radius 1 is 1.18 bits per heavy atom. The van der Waals surface area contributed by atoms with E-state index in [1.54, 1.807) is 7.05 Å². The number of hydrogen-bond acceptors (Lipinski definition) is 4. The van der Waals surface area contributed by atoms with Crippen LogP contribution in [0.2, 0.25) is 5.02 Å². The molecule has 2 aromatic rings. The Morgan fingerprint density at radius 3 is 2.48 bits per heavy atom. The molecule has 1 fully saturated rings. The third-order valence-corrected chi connectivity index (χ3v) is 7.95. The van der Waals surface area contributed by atoms with Gasteiger partial charge in [-0.15, -0.1) is 0 Å². The third-order valence-electron chi connectivity index (χ3n) is 5.76. The van der Waals surface area contributed by atoms with Crippen molar-refractivity contribution in [3.63, 3.8) is 0 Å². The van der Waals surface area contributed by atoms with Crippen molar-refractivity contribution < 1.29 is 22.4 Å². The molecule has 0 radical (unpaired) electrons. The fourth-order valence-corrected chi connectivity index (χ4v) is 5.62. The molecule has 10 heteroatoms. The van der Waals surface area contributed by atoms with Gasteiger partial charge in [0, 0.05) is 31.7 Å². The Morgan fingerprint density at radius 2 is 1.85 bits per heavy atom. The maximum absolute atomic E-state index is 13.4. The number of nitrogens with one attached hydrogen (secondary N) is 1. The highest BCUT2D eigenvalue weighted by molar-refractivity contribution is 7.89. The van der Waals surface area contributed by atoms with Gasteiger partial charge in [-0.1, -0.05) is 36.7 Å². The minimum Gasteiger partial charge on any atom is -0.336 e. The zero-order valence-corrected chi connectivity index (χ0v) is 20.1. The molecule has 1 heterocycles. The van der Waals surface area contributed by atoms with Crippen molar-refractivity contribution >= 4 is 39.1 Å². The van der Waals surface area contributed by atoms with E-state index in [-0.39, 0.29) is 47.3 Å². The molecule has 1 aliphatic heterocycles. The zero-order chi connectivity index (χ0) is 24.2. The van der Waals surface area contributed by atoms with Gasteiger partial charge < -0.3 is 10.2 Å². The SMILES string of the molecule is CCc1ccccc1NC(=O)CN(C)C(=O)C1CCN(S(=O)(=O)c2ccc(F)c(Cl)c2)CC1. The molecular formula is C23H27ClFN3O4S. The largest absolute Gasteiger partial charge is 0.336 e. The number of carbonyl (C=O) groups is 2. The summed E-state index contributed by atoms with van der Waals surface area (Å²) in [5.41, 5.74) is 1.74. The molecule has 3 rings (SSSR count). The van der Waals surface area contributed by atoms with Crippen LogP contribution in [0.4, 0.5) is 10.1 Å². The molecule has 0 unspecified atom stereocenters. The van der Waals surface area contributed by atoms with Crippen molar-refractivity contribution in [2.45, 2.75) is 31.1 Å². The Bertz CT molecular complexity index is 1130. The summed E-state index contributed by atoms with van der Waals surface area (Å²) in [6, 6.07) is 10.8. The Labute approximate surface area is 198 Å². The minimum atomic E-state index is -3.84. The van der Waals surface area contributed by atoms with Gasteiger partial charge in [0.05, 0.1) is 16.5 Å². The smallest absolute Gasteiger partial charge is 0.243 e. The van der Waals surface area contributed by atoms with Gasteiger partial charge in [-0.05, 0) is 49.1 Å². The molecule has 0 bridgehead atoms. The lowest BCUT2D eigenvalue weighted by Gasteiger charge is -2.32. The fraction of sp³-hybridized carbons (Fsp3) is 0.391. The second-order valence-corrected chi connectivity index (χ2v) is 10.4. The van der Waals surface area contributed by atoms with Crippen molar-refractivity contribution in [2.75, 3.05) is 32.0 Å². The Balaban J connectivity index is 1.56. The lowest BCUT2D eigenvalue weighted by molar-refractivity contribution is -0.138. The van der Waals surface area contributed by atoms with Crippen molar-refractivity contribution in [2.24, 2.45) is 5.92 Å². The number of rotatable bonds is 7. The first kappa shape index (κ1) is 25.1. The van der Waals surface area contributed by atoms with E-state index in [4.69, 9.17) is 11.6 Å². The maximum atomic E-state index is 13.4. The number of amides is 2. The average molecular weight is 496 g/mol. The summed E-state index contributed by atoms with van der Waals surface area (Å²) in [4.78, 5) is 26.6. The van der Waals surface area contributed by atoms with Gasteiger partial charge in [-0.25, -0.2) is 12.8 Å². The Hall–Kier alpha value is -2.49. The monoisotopic (exact) mass is 495 g/mol. The lowest BCUT2D eigenvalue weighted by atomic mass is 9.96. The molecule has 2 amide bonds. The third kappa shape index (κ3) is 5.90. The standard InChI is InChI=1S/C23H27ClFN3O4S/c1-3-16-6-4-5-7-21(16)26-22(29)15-27(2)23(30)17-10-12-28(13-11-17)33(31,32)18-8-9-20(25)19(24)14-18/h4-9,14,17H,3,10-13,15H2,1-2H3,(H,26,29). The molecule has 2 aromatic carbocycles. The predicted octanol–water partition coefficient (Wildman–Crippen LogP) is 3.54. The molecule has 33 heavy (non-hydrogen) atoms.